The number of amides is 1. The maximum atomic E-state index is 13.5. The number of pyridine rings is 1. The maximum absolute atomic E-state index is 13.5. The Morgan fingerprint density at radius 1 is 1.15 bits per heavy atom. The van der Waals surface area contributed by atoms with Gasteiger partial charge in [-0.15, -0.1) is 11.8 Å². The molecule has 1 aromatic heterocycles. The Morgan fingerprint density at radius 3 is 2.55 bits per heavy atom. The number of ether oxygens (including phenoxy) is 1. The van der Waals surface area contributed by atoms with Crippen molar-refractivity contribution < 1.29 is 17.9 Å². The van der Waals surface area contributed by atoms with E-state index >= 15 is 0 Å². The zero-order valence-corrected chi connectivity index (χ0v) is 21.4. The van der Waals surface area contributed by atoms with Crippen molar-refractivity contribution in [3.63, 3.8) is 0 Å². The Labute approximate surface area is 206 Å². The second-order valence-electron chi connectivity index (χ2n) is 7.01. The van der Waals surface area contributed by atoms with E-state index in [4.69, 9.17) is 4.74 Å². The van der Waals surface area contributed by atoms with E-state index in [0.717, 1.165) is 14.9 Å². The van der Waals surface area contributed by atoms with Crippen molar-refractivity contribution in [1.29, 1.82) is 0 Å². The molecule has 0 saturated heterocycles. The molecule has 10 heteroatoms. The smallest absolute Gasteiger partial charge is 0.264 e. The van der Waals surface area contributed by atoms with Crippen molar-refractivity contribution in [2.45, 2.75) is 16.8 Å². The number of sulfonamides is 1. The number of hydrogen-bond donors (Lipinski definition) is 1. The molecule has 2 aromatic carbocycles. The van der Waals surface area contributed by atoms with Gasteiger partial charge in [0.2, 0.25) is 5.91 Å². The topological polar surface area (TPSA) is 88.6 Å². The number of benzene rings is 2. The summed E-state index contributed by atoms with van der Waals surface area (Å²) in [4.78, 5) is 17.0. The Morgan fingerprint density at radius 2 is 1.91 bits per heavy atom. The van der Waals surface area contributed by atoms with Crippen molar-refractivity contribution in [1.82, 2.24) is 10.3 Å². The van der Waals surface area contributed by atoms with Crippen LogP contribution in [0.3, 0.4) is 0 Å². The number of methoxy groups -OCH3 is 1. The lowest BCUT2D eigenvalue weighted by Crippen LogP contribution is -2.41. The number of aromatic nitrogens is 1. The molecule has 0 spiro atoms. The van der Waals surface area contributed by atoms with Gasteiger partial charge in [0.15, 0.2) is 0 Å². The molecule has 0 atom stereocenters. The van der Waals surface area contributed by atoms with Crippen LogP contribution in [0.5, 0.6) is 5.75 Å². The summed E-state index contributed by atoms with van der Waals surface area (Å²) in [6.45, 7) is 1.95. The first-order chi connectivity index (χ1) is 15.8. The molecule has 33 heavy (non-hydrogen) atoms. The molecule has 0 radical (unpaired) electrons. The van der Waals surface area contributed by atoms with Gasteiger partial charge in [0, 0.05) is 18.5 Å². The Balaban J connectivity index is 1.76. The highest BCUT2D eigenvalue weighted by Gasteiger charge is 2.28. The molecule has 0 saturated carbocycles. The van der Waals surface area contributed by atoms with Gasteiger partial charge in [0.1, 0.15) is 12.3 Å². The van der Waals surface area contributed by atoms with Crippen molar-refractivity contribution in [3.05, 3.63) is 76.9 Å². The molecule has 0 aliphatic rings. The minimum atomic E-state index is -4.01. The Hall–Kier alpha value is -2.56. The van der Waals surface area contributed by atoms with Crippen LogP contribution in [0.2, 0.25) is 0 Å². The number of rotatable bonds is 10. The van der Waals surface area contributed by atoms with Gasteiger partial charge in [0.25, 0.3) is 10.0 Å². The van der Waals surface area contributed by atoms with Crippen LogP contribution in [0.15, 0.2) is 81.3 Å². The van der Waals surface area contributed by atoms with E-state index in [9.17, 15) is 13.2 Å². The monoisotopic (exact) mass is 549 g/mol. The van der Waals surface area contributed by atoms with Crippen molar-refractivity contribution in [2.24, 2.45) is 0 Å². The minimum Gasteiger partial charge on any atom is -0.496 e. The standard InChI is InChI=1S/C23H24BrN3O4S2/c1-17-6-8-18(9-7-17)27(33(29,30)19-10-11-21(31-2)20(24)15-19)16-22(28)25-13-14-32-23-5-3-4-12-26-23/h3-12,15H,13-14,16H2,1-2H3,(H,25,28). The number of halogens is 1. The highest BCUT2D eigenvalue weighted by atomic mass is 79.9. The molecule has 0 unspecified atom stereocenters. The summed E-state index contributed by atoms with van der Waals surface area (Å²) < 4.78 is 33.8. The van der Waals surface area contributed by atoms with Crippen LogP contribution in [0, 0.1) is 6.92 Å². The van der Waals surface area contributed by atoms with Gasteiger partial charge in [-0.3, -0.25) is 9.10 Å². The predicted molar refractivity (Wildman–Crippen MR) is 134 cm³/mol. The van der Waals surface area contributed by atoms with Crippen LogP contribution in [-0.2, 0) is 14.8 Å². The van der Waals surface area contributed by atoms with E-state index in [-0.39, 0.29) is 11.4 Å². The van der Waals surface area contributed by atoms with Gasteiger partial charge >= 0.3 is 0 Å². The second kappa shape index (κ2) is 11.5. The summed E-state index contributed by atoms with van der Waals surface area (Å²) in [7, 11) is -2.51. The lowest BCUT2D eigenvalue weighted by molar-refractivity contribution is -0.119. The SMILES string of the molecule is COc1ccc(S(=O)(=O)N(CC(=O)NCCSc2ccccn2)c2ccc(C)cc2)cc1Br. The first-order valence-corrected chi connectivity index (χ1v) is 13.3. The third-order valence-corrected chi connectivity index (χ3v) is 7.97. The Kier molecular flexibility index (Phi) is 8.76. The second-order valence-corrected chi connectivity index (χ2v) is 10.8. The average Bonchev–Trinajstić information content (AvgIpc) is 2.81. The summed E-state index contributed by atoms with van der Waals surface area (Å²) in [6.07, 6.45) is 1.71. The number of aryl methyl sites for hydroxylation is 1. The van der Waals surface area contributed by atoms with Gasteiger partial charge in [-0.1, -0.05) is 23.8 Å². The van der Waals surface area contributed by atoms with Gasteiger partial charge in [0.05, 0.1) is 27.2 Å². The number of anilines is 1. The van der Waals surface area contributed by atoms with Crippen LogP contribution in [0.1, 0.15) is 5.56 Å². The van der Waals surface area contributed by atoms with E-state index < -0.39 is 15.9 Å². The van der Waals surface area contributed by atoms with Crippen molar-refractivity contribution in [3.8, 4) is 5.75 Å². The van der Waals surface area contributed by atoms with E-state index in [1.54, 1.807) is 24.4 Å². The van der Waals surface area contributed by atoms with Gasteiger partial charge in [-0.25, -0.2) is 13.4 Å². The molecule has 174 valence electrons. The molecule has 1 amide bonds. The van der Waals surface area contributed by atoms with E-state index in [1.165, 1.54) is 31.0 Å². The van der Waals surface area contributed by atoms with E-state index in [1.807, 2.05) is 37.3 Å². The first-order valence-electron chi connectivity index (χ1n) is 10.0. The molecule has 7 nitrogen and oxygen atoms in total. The number of nitrogens with zero attached hydrogens (tertiary/aromatic N) is 2. The molecule has 1 N–H and O–H groups in total. The first kappa shape index (κ1) is 25.1. The van der Waals surface area contributed by atoms with Crippen LogP contribution in [0.25, 0.3) is 0 Å². The highest BCUT2D eigenvalue weighted by molar-refractivity contribution is 9.10. The van der Waals surface area contributed by atoms with E-state index in [0.29, 0.717) is 28.2 Å². The molecular formula is C23H24BrN3O4S2. The third-order valence-electron chi connectivity index (χ3n) is 4.63. The number of carbonyl (C=O) groups is 1. The van der Waals surface area contributed by atoms with Crippen LogP contribution in [0.4, 0.5) is 5.69 Å². The van der Waals surface area contributed by atoms with Gasteiger partial charge < -0.3 is 10.1 Å². The average molecular weight is 551 g/mol. The zero-order valence-electron chi connectivity index (χ0n) is 18.2. The fourth-order valence-electron chi connectivity index (χ4n) is 2.93. The lowest BCUT2D eigenvalue weighted by atomic mass is 10.2. The van der Waals surface area contributed by atoms with Gasteiger partial charge in [-0.2, -0.15) is 0 Å². The molecule has 0 fully saturated rings. The van der Waals surface area contributed by atoms with Crippen molar-refractivity contribution in [2.75, 3.05) is 30.3 Å². The minimum absolute atomic E-state index is 0.0502. The number of thioether (sulfide) groups is 1. The Bertz CT molecular complexity index is 1190. The van der Waals surface area contributed by atoms with Crippen LogP contribution < -0.4 is 14.4 Å². The molecule has 0 bridgehead atoms. The molecule has 0 aliphatic heterocycles. The summed E-state index contributed by atoms with van der Waals surface area (Å²) in [5.41, 5.74) is 1.39. The summed E-state index contributed by atoms with van der Waals surface area (Å²) >= 11 is 4.84. The summed E-state index contributed by atoms with van der Waals surface area (Å²) in [5.74, 6) is 0.734. The highest BCUT2D eigenvalue weighted by Crippen LogP contribution is 2.30. The largest absolute Gasteiger partial charge is 0.496 e. The zero-order chi connectivity index (χ0) is 23.8. The molecular weight excluding hydrogens is 526 g/mol. The van der Waals surface area contributed by atoms with Crippen LogP contribution in [-0.4, -0.2) is 45.3 Å². The van der Waals surface area contributed by atoms with E-state index in [2.05, 4.69) is 26.2 Å². The fraction of sp³-hybridized carbons (Fsp3) is 0.217. The number of nitrogens with one attached hydrogen (secondary N) is 1. The lowest BCUT2D eigenvalue weighted by Gasteiger charge is -2.24. The molecule has 3 aromatic rings. The van der Waals surface area contributed by atoms with Gasteiger partial charge in [-0.05, 0) is 65.3 Å². The quantitative estimate of drug-likeness (QED) is 0.300. The molecule has 3 rings (SSSR count). The number of hydrogen-bond acceptors (Lipinski definition) is 6. The van der Waals surface area contributed by atoms with Crippen LogP contribution >= 0.6 is 27.7 Å². The predicted octanol–water partition coefficient (Wildman–Crippen LogP) is 4.26. The maximum Gasteiger partial charge on any atom is 0.264 e. The normalized spacial score (nSPS) is 11.1. The summed E-state index contributed by atoms with van der Waals surface area (Å²) in [6, 6.07) is 17.1. The summed E-state index contributed by atoms with van der Waals surface area (Å²) in [5, 5.41) is 3.66. The molecule has 0 aliphatic carbocycles. The van der Waals surface area contributed by atoms with Crippen molar-refractivity contribution >= 4 is 49.3 Å². The third kappa shape index (κ3) is 6.72. The molecule has 1 heterocycles. The number of carbonyl (C=O) groups excluding carboxylic acids is 1. The fourth-order valence-corrected chi connectivity index (χ4v) is 5.79.